The van der Waals surface area contributed by atoms with Crippen LogP contribution < -0.4 is 10.5 Å². The molecular formula is C12H16FNO. The Balaban J connectivity index is 2.41. The Morgan fingerprint density at radius 3 is 3.00 bits per heavy atom. The van der Waals surface area contributed by atoms with E-state index in [1.54, 1.807) is 6.07 Å². The van der Waals surface area contributed by atoms with E-state index in [0.29, 0.717) is 0 Å². The average molecular weight is 209 g/mol. The number of halogens is 1. The predicted molar refractivity (Wildman–Crippen MR) is 57.3 cm³/mol. The van der Waals surface area contributed by atoms with Gasteiger partial charge in [-0.05, 0) is 31.5 Å². The Labute approximate surface area is 89.2 Å². The summed E-state index contributed by atoms with van der Waals surface area (Å²) in [6, 6.07) is 4.41. The van der Waals surface area contributed by atoms with Crippen molar-refractivity contribution in [3.8, 4) is 5.75 Å². The number of nitrogens with two attached hydrogens (primary N) is 1. The van der Waals surface area contributed by atoms with Gasteiger partial charge in [-0.1, -0.05) is 6.92 Å². The molecule has 1 aromatic rings. The van der Waals surface area contributed by atoms with E-state index in [1.165, 1.54) is 12.1 Å². The van der Waals surface area contributed by atoms with Crippen LogP contribution in [0.4, 0.5) is 4.39 Å². The molecule has 0 fully saturated rings. The van der Waals surface area contributed by atoms with Crippen LogP contribution >= 0.6 is 0 Å². The first-order chi connectivity index (χ1) is 7.04. The Bertz CT molecular complexity index is 380. The molecule has 0 saturated heterocycles. The Morgan fingerprint density at radius 2 is 2.33 bits per heavy atom. The highest BCUT2D eigenvalue weighted by molar-refractivity contribution is 5.39. The minimum Gasteiger partial charge on any atom is -0.487 e. The zero-order valence-corrected chi connectivity index (χ0v) is 9.09. The monoisotopic (exact) mass is 209 g/mol. The van der Waals surface area contributed by atoms with Gasteiger partial charge in [0, 0.05) is 18.0 Å². The lowest BCUT2D eigenvalue weighted by molar-refractivity contribution is 0.0501. The largest absolute Gasteiger partial charge is 0.487 e. The molecule has 0 saturated carbocycles. The molecule has 2 N–H and O–H groups in total. The standard InChI is InChI=1S/C12H16FNO/c1-3-12(2)7-10(14)9-6-8(13)4-5-11(9)15-12/h4-6,10H,3,7,14H2,1-2H3/t10-,12?/m0/s1. The number of hydrogen-bond acceptors (Lipinski definition) is 2. The Morgan fingerprint density at radius 1 is 1.60 bits per heavy atom. The number of ether oxygens (including phenoxy) is 1. The van der Waals surface area contributed by atoms with E-state index >= 15 is 0 Å². The zero-order chi connectivity index (χ0) is 11.1. The fourth-order valence-corrected chi connectivity index (χ4v) is 2.00. The maximum absolute atomic E-state index is 13.0. The first-order valence-electron chi connectivity index (χ1n) is 5.28. The first-order valence-corrected chi connectivity index (χ1v) is 5.28. The molecule has 15 heavy (non-hydrogen) atoms. The second-order valence-electron chi connectivity index (χ2n) is 4.40. The highest BCUT2D eigenvalue weighted by Gasteiger charge is 2.34. The number of rotatable bonds is 1. The van der Waals surface area contributed by atoms with Crippen LogP contribution in [0.25, 0.3) is 0 Å². The van der Waals surface area contributed by atoms with Crippen LogP contribution in [0.1, 0.15) is 38.3 Å². The smallest absolute Gasteiger partial charge is 0.125 e. The van der Waals surface area contributed by atoms with Crippen molar-refractivity contribution in [1.29, 1.82) is 0 Å². The maximum atomic E-state index is 13.0. The molecule has 0 amide bonds. The summed E-state index contributed by atoms with van der Waals surface area (Å²) in [5.74, 6) is 0.465. The molecule has 0 radical (unpaired) electrons. The topological polar surface area (TPSA) is 35.2 Å². The van der Waals surface area contributed by atoms with Gasteiger partial charge in [0.15, 0.2) is 0 Å². The van der Waals surface area contributed by atoms with Crippen molar-refractivity contribution in [2.24, 2.45) is 5.73 Å². The summed E-state index contributed by atoms with van der Waals surface area (Å²) in [5, 5.41) is 0. The summed E-state index contributed by atoms with van der Waals surface area (Å²) in [5.41, 5.74) is 6.58. The molecule has 0 aliphatic carbocycles. The average Bonchev–Trinajstić information content (AvgIpc) is 2.20. The fourth-order valence-electron chi connectivity index (χ4n) is 2.00. The molecule has 2 atom stereocenters. The highest BCUT2D eigenvalue weighted by atomic mass is 19.1. The molecule has 82 valence electrons. The van der Waals surface area contributed by atoms with Crippen molar-refractivity contribution in [2.75, 3.05) is 0 Å². The molecule has 0 aromatic heterocycles. The van der Waals surface area contributed by atoms with Crippen LogP contribution in [0.2, 0.25) is 0 Å². The second-order valence-corrected chi connectivity index (χ2v) is 4.40. The van der Waals surface area contributed by atoms with Gasteiger partial charge in [0.25, 0.3) is 0 Å². The summed E-state index contributed by atoms with van der Waals surface area (Å²) in [4.78, 5) is 0. The van der Waals surface area contributed by atoms with Crippen molar-refractivity contribution in [2.45, 2.75) is 38.3 Å². The Hall–Kier alpha value is -1.09. The van der Waals surface area contributed by atoms with E-state index in [0.717, 1.165) is 24.2 Å². The minimum absolute atomic E-state index is 0.130. The van der Waals surface area contributed by atoms with E-state index in [1.807, 2.05) is 6.92 Å². The number of benzene rings is 1. The molecule has 2 rings (SSSR count). The van der Waals surface area contributed by atoms with Gasteiger partial charge < -0.3 is 10.5 Å². The molecule has 1 aromatic carbocycles. The van der Waals surface area contributed by atoms with E-state index in [-0.39, 0.29) is 17.5 Å². The molecule has 3 heteroatoms. The van der Waals surface area contributed by atoms with Gasteiger partial charge in [0.1, 0.15) is 17.2 Å². The molecular weight excluding hydrogens is 193 g/mol. The van der Waals surface area contributed by atoms with Gasteiger partial charge in [0.05, 0.1) is 0 Å². The molecule has 0 bridgehead atoms. The van der Waals surface area contributed by atoms with E-state index in [4.69, 9.17) is 10.5 Å². The minimum atomic E-state index is -0.257. The third-order valence-corrected chi connectivity index (χ3v) is 3.13. The first kappa shape index (κ1) is 10.4. The highest BCUT2D eigenvalue weighted by Crippen LogP contribution is 2.39. The summed E-state index contributed by atoms with van der Waals surface area (Å²) in [6.45, 7) is 4.11. The molecule has 2 nitrogen and oxygen atoms in total. The molecule has 1 aliphatic rings. The molecule has 0 spiro atoms. The van der Waals surface area contributed by atoms with E-state index in [2.05, 4.69) is 6.92 Å². The van der Waals surface area contributed by atoms with Gasteiger partial charge >= 0.3 is 0 Å². The van der Waals surface area contributed by atoms with Crippen molar-refractivity contribution >= 4 is 0 Å². The third-order valence-electron chi connectivity index (χ3n) is 3.13. The number of fused-ring (bicyclic) bond motifs is 1. The lowest BCUT2D eigenvalue weighted by Gasteiger charge is -2.38. The van der Waals surface area contributed by atoms with Crippen LogP contribution in [-0.4, -0.2) is 5.60 Å². The van der Waals surface area contributed by atoms with Gasteiger partial charge in [-0.25, -0.2) is 4.39 Å². The van der Waals surface area contributed by atoms with Crippen LogP contribution in [0.3, 0.4) is 0 Å². The van der Waals surface area contributed by atoms with Crippen LogP contribution in [-0.2, 0) is 0 Å². The van der Waals surface area contributed by atoms with Crippen LogP contribution in [0.5, 0.6) is 5.75 Å². The third kappa shape index (κ3) is 1.84. The van der Waals surface area contributed by atoms with Gasteiger partial charge in [0.2, 0.25) is 0 Å². The second kappa shape index (κ2) is 3.49. The van der Waals surface area contributed by atoms with Crippen molar-refractivity contribution in [3.63, 3.8) is 0 Å². The lowest BCUT2D eigenvalue weighted by Crippen LogP contribution is -2.39. The van der Waals surface area contributed by atoms with Gasteiger partial charge in [-0.15, -0.1) is 0 Å². The number of hydrogen-bond donors (Lipinski definition) is 1. The van der Waals surface area contributed by atoms with E-state index in [9.17, 15) is 4.39 Å². The van der Waals surface area contributed by atoms with Crippen molar-refractivity contribution in [3.05, 3.63) is 29.6 Å². The lowest BCUT2D eigenvalue weighted by atomic mass is 9.87. The molecule has 1 aliphatic heterocycles. The predicted octanol–water partition coefficient (Wildman–Crippen LogP) is 2.78. The summed E-state index contributed by atoms with van der Waals surface area (Å²) < 4.78 is 18.9. The van der Waals surface area contributed by atoms with Gasteiger partial charge in [-0.3, -0.25) is 0 Å². The van der Waals surface area contributed by atoms with Crippen LogP contribution in [0.15, 0.2) is 18.2 Å². The molecule has 1 unspecified atom stereocenters. The Kier molecular flexibility index (Phi) is 2.43. The quantitative estimate of drug-likeness (QED) is 0.771. The summed E-state index contributed by atoms with van der Waals surface area (Å²) in [6.07, 6.45) is 1.64. The van der Waals surface area contributed by atoms with Crippen molar-refractivity contribution in [1.82, 2.24) is 0 Å². The normalized spacial score (nSPS) is 29.5. The zero-order valence-electron chi connectivity index (χ0n) is 9.09. The summed E-state index contributed by atoms with van der Waals surface area (Å²) >= 11 is 0. The summed E-state index contributed by atoms with van der Waals surface area (Å²) in [7, 11) is 0. The fraction of sp³-hybridized carbons (Fsp3) is 0.500. The van der Waals surface area contributed by atoms with Gasteiger partial charge in [-0.2, -0.15) is 0 Å². The van der Waals surface area contributed by atoms with E-state index < -0.39 is 0 Å². The van der Waals surface area contributed by atoms with Crippen molar-refractivity contribution < 1.29 is 9.13 Å². The SMILES string of the molecule is CCC1(C)C[C@H](N)c2cc(F)ccc2O1. The van der Waals surface area contributed by atoms with Crippen LogP contribution in [0, 0.1) is 5.82 Å². The molecule has 1 heterocycles. The maximum Gasteiger partial charge on any atom is 0.125 e.